The third kappa shape index (κ3) is 6.51. The largest absolute Gasteiger partial charge is 0.378 e. The molecule has 160 valence electrons. The molecule has 0 bridgehead atoms. The number of anilines is 1. The molecule has 12 heteroatoms. The zero-order valence-electron chi connectivity index (χ0n) is 15.8. The Hall–Kier alpha value is -3.54. The van der Waals surface area contributed by atoms with E-state index in [0.29, 0.717) is 0 Å². The highest BCUT2D eigenvalue weighted by Gasteiger charge is 2.18. The summed E-state index contributed by atoms with van der Waals surface area (Å²) in [6.07, 6.45) is 0.946. The Labute approximate surface area is 171 Å². The van der Waals surface area contributed by atoms with Crippen molar-refractivity contribution in [3.05, 3.63) is 64.0 Å². The van der Waals surface area contributed by atoms with Crippen molar-refractivity contribution >= 4 is 33.0 Å². The van der Waals surface area contributed by atoms with E-state index in [2.05, 4.69) is 16.0 Å². The van der Waals surface area contributed by atoms with Crippen LogP contribution in [0.15, 0.2) is 47.4 Å². The van der Waals surface area contributed by atoms with Gasteiger partial charge < -0.3 is 16.0 Å². The van der Waals surface area contributed by atoms with Gasteiger partial charge in [0.05, 0.1) is 16.4 Å². The second-order valence-corrected chi connectivity index (χ2v) is 8.19. The molecule has 10 nitrogen and oxygen atoms in total. The number of rotatable bonds is 9. The summed E-state index contributed by atoms with van der Waals surface area (Å²) in [5.41, 5.74) is -0.234. The van der Waals surface area contributed by atoms with Crippen molar-refractivity contribution in [3.63, 3.8) is 0 Å². The summed E-state index contributed by atoms with van der Waals surface area (Å²) < 4.78 is 36.2. The van der Waals surface area contributed by atoms with E-state index in [-0.39, 0.29) is 35.8 Å². The predicted octanol–water partition coefficient (Wildman–Crippen LogP) is 1.10. The summed E-state index contributed by atoms with van der Waals surface area (Å²) in [6, 6.07) is 8.48. The highest BCUT2D eigenvalue weighted by atomic mass is 32.2. The fraction of sp³-hybridized carbons (Fsp3) is 0.222. The molecular weight excluding hydrogens is 419 g/mol. The maximum absolute atomic E-state index is 13.1. The van der Waals surface area contributed by atoms with Gasteiger partial charge >= 0.3 is 0 Å². The lowest BCUT2D eigenvalue weighted by atomic mass is 10.2. The standard InChI is InChI=1S/C18H19FN4O6S/c1-30(28,29)14-5-6-15(16(10-14)23(26)27)20-7-8-21-17(24)11-22-18(25)12-3-2-4-13(19)9-12/h2-6,9-10,20H,7-8,11H2,1H3,(H,21,24)(H,22,25). The Morgan fingerprint density at radius 2 is 1.83 bits per heavy atom. The van der Waals surface area contributed by atoms with Gasteiger partial charge in [0.15, 0.2) is 9.84 Å². The van der Waals surface area contributed by atoms with Crippen LogP contribution in [-0.2, 0) is 14.6 Å². The number of carbonyl (C=O) groups excluding carboxylic acids is 2. The number of nitro benzene ring substituents is 1. The number of halogens is 1. The molecule has 2 rings (SSSR count). The van der Waals surface area contributed by atoms with Crippen LogP contribution in [0.2, 0.25) is 0 Å². The zero-order valence-corrected chi connectivity index (χ0v) is 16.7. The monoisotopic (exact) mass is 438 g/mol. The molecule has 0 aliphatic heterocycles. The third-order valence-electron chi connectivity index (χ3n) is 3.85. The molecule has 0 aliphatic rings. The molecule has 2 aromatic rings. The summed E-state index contributed by atoms with van der Waals surface area (Å²) in [7, 11) is -3.59. The van der Waals surface area contributed by atoms with E-state index in [9.17, 15) is 32.5 Å². The Bertz CT molecular complexity index is 1070. The molecule has 2 amide bonds. The number of amides is 2. The fourth-order valence-electron chi connectivity index (χ4n) is 2.40. The van der Waals surface area contributed by atoms with Gasteiger partial charge in [0.2, 0.25) is 5.91 Å². The van der Waals surface area contributed by atoms with Crippen LogP contribution in [0.25, 0.3) is 0 Å². The van der Waals surface area contributed by atoms with Crippen molar-refractivity contribution in [1.29, 1.82) is 0 Å². The smallest absolute Gasteiger partial charge is 0.293 e. The van der Waals surface area contributed by atoms with E-state index in [4.69, 9.17) is 0 Å². The second kappa shape index (κ2) is 9.78. The average Bonchev–Trinajstić information content (AvgIpc) is 2.68. The van der Waals surface area contributed by atoms with Gasteiger partial charge in [0, 0.05) is 31.0 Å². The number of hydrogen-bond donors (Lipinski definition) is 3. The lowest BCUT2D eigenvalue weighted by Gasteiger charge is -2.10. The SMILES string of the molecule is CS(=O)(=O)c1ccc(NCCNC(=O)CNC(=O)c2cccc(F)c2)c([N+](=O)[O-])c1. The van der Waals surface area contributed by atoms with E-state index in [1.807, 2.05) is 0 Å². The summed E-state index contributed by atoms with van der Waals surface area (Å²) in [4.78, 5) is 33.9. The van der Waals surface area contributed by atoms with Gasteiger partial charge in [-0.1, -0.05) is 6.07 Å². The van der Waals surface area contributed by atoms with Crippen LogP contribution in [0.4, 0.5) is 15.8 Å². The van der Waals surface area contributed by atoms with E-state index in [1.165, 1.54) is 30.3 Å². The fourth-order valence-corrected chi connectivity index (χ4v) is 3.04. The summed E-state index contributed by atoms with van der Waals surface area (Å²) >= 11 is 0. The summed E-state index contributed by atoms with van der Waals surface area (Å²) in [6.45, 7) is -0.138. The van der Waals surface area contributed by atoms with Crippen molar-refractivity contribution in [3.8, 4) is 0 Å². The first-order chi connectivity index (χ1) is 14.1. The summed E-state index contributed by atoms with van der Waals surface area (Å²) in [5.74, 6) is -1.69. The Morgan fingerprint density at radius 3 is 2.47 bits per heavy atom. The van der Waals surface area contributed by atoms with Crippen LogP contribution < -0.4 is 16.0 Å². The second-order valence-electron chi connectivity index (χ2n) is 6.18. The maximum atomic E-state index is 13.1. The number of hydrogen-bond acceptors (Lipinski definition) is 7. The molecule has 2 aromatic carbocycles. The molecule has 0 radical (unpaired) electrons. The number of nitrogens with one attached hydrogen (secondary N) is 3. The molecule has 0 atom stereocenters. The zero-order chi connectivity index (χ0) is 22.3. The molecule has 0 spiro atoms. The quantitative estimate of drug-likeness (QED) is 0.302. The van der Waals surface area contributed by atoms with E-state index in [0.717, 1.165) is 18.4 Å². The maximum Gasteiger partial charge on any atom is 0.293 e. The molecule has 0 heterocycles. The third-order valence-corrected chi connectivity index (χ3v) is 4.96. The van der Waals surface area contributed by atoms with Gasteiger partial charge in [0.1, 0.15) is 11.5 Å². The van der Waals surface area contributed by atoms with Gasteiger partial charge in [-0.3, -0.25) is 19.7 Å². The van der Waals surface area contributed by atoms with Gasteiger partial charge in [-0.2, -0.15) is 0 Å². The predicted molar refractivity (Wildman–Crippen MR) is 106 cm³/mol. The van der Waals surface area contributed by atoms with Gasteiger partial charge in [-0.25, -0.2) is 12.8 Å². The molecule has 0 aliphatic carbocycles. The molecule has 30 heavy (non-hydrogen) atoms. The van der Waals surface area contributed by atoms with Gasteiger partial charge in [-0.15, -0.1) is 0 Å². The lowest BCUT2D eigenvalue weighted by Crippen LogP contribution is -2.38. The van der Waals surface area contributed by atoms with E-state index >= 15 is 0 Å². The molecule has 0 saturated carbocycles. The van der Waals surface area contributed by atoms with Crippen LogP contribution in [0, 0.1) is 15.9 Å². The minimum atomic E-state index is -3.59. The van der Waals surface area contributed by atoms with Crippen molar-refractivity contribution in [1.82, 2.24) is 10.6 Å². The van der Waals surface area contributed by atoms with Crippen LogP contribution in [0.3, 0.4) is 0 Å². The normalized spacial score (nSPS) is 10.9. The van der Waals surface area contributed by atoms with Crippen molar-refractivity contribution in [2.75, 3.05) is 31.2 Å². The van der Waals surface area contributed by atoms with Crippen LogP contribution in [0.5, 0.6) is 0 Å². The molecular formula is C18H19FN4O6S. The lowest BCUT2D eigenvalue weighted by molar-refractivity contribution is -0.384. The molecule has 0 fully saturated rings. The number of nitrogens with zero attached hydrogens (tertiary/aromatic N) is 1. The Balaban J connectivity index is 1.82. The van der Waals surface area contributed by atoms with Gasteiger partial charge in [-0.05, 0) is 30.3 Å². The van der Waals surface area contributed by atoms with E-state index < -0.39 is 38.1 Å². The minimum Gasteiger partial charge on any atom is -0.378 e. The first kappa shape index (κ1) is 22.7. The number of benzene rings is 2. The molecule has 0 saturated heterocycles. The number of sulfone groups is 1. The first-order valence-corrected chi connectivity index (χ1v) is 10.5. The Morgan fingerprint density at radius 1 is 1.10 bits per heavy atom. The average molecular weight is 438 g/mol. The van der Waals surface area contributed by atoms with Crippen molar-refractivity contribution < 1.29 is 27.3 Å². The van der Waals surface area contributed by atoms with Gasteiger partial charge in [0.25, 0.3) is 11.6 Å². The first-order valence-electron chi connectivity index (χ1n) is 8.61. The van der Waals surface area contributed by atoms with Crippen molar-refractivity contribution in [2.45, 2.75) is 4.90 Å². The topological polar surface area (TPSA) is 148 Å². The van der Waals surface area contributed by atoms with Crippen LogP contribution >= 0.6 is 0 Å². The van der Waals surface area contributed by atoms with Crippen molar-refractivity contribution in [2.24, 2.45) is 0 Å². The van der Waals surface area contributed by atoms with Crippen LogP contribution in [0.1, 0.15) is 10.4 Å². The molecule has 3 N–H and O–H groups in total. The number of nitro groups is 1. The van der Waals surface area contributed by atoms with E-state index in [1.54, 1.807) is 0 Å². The highest BCUT2D eigenvalue weighted by molar-refractivity contribution is 7.90. The Kier molecular flexibility index (Phi) is 7.42. The van der Waals surface area contributed by atoms with Crippen LogP contribution in [-0.4, -0.2) is 51.0 Å². The molecule has 0 aromatic heterocycles. The summed E-state index contributed by atoms with van der Waals surface area (Å²) in [5, 5.41) is 18.8. The number of carbonyl (C=O) groups is 2. The minimum absolute atomic E-state index is 0.0781. The molecule has 0 unspecified atom stereocenters. The highest BCUT2D eigenvalue weighted by Crippen LogP contribution is 2.27.